The number of carbonyl (C=O) groups is 1. The molecule has 162 valence electrons. The molecule has 0 spiro atoms. The molecule has 2 fully saturated rings. The van der Waals surface area contributed by atoms with E-state index in [2.05, 4.69) is 33.7 Å². The van der Waals surface area contributed by atoms with E-state index in [1.807, 2.05) is 29.2 Å². The second kappa shape index (κ2) is 8.69. The molecule has 1 aromatic heterocycles. The average molecular weight is 421 g/mol. The summed E-state index contributed by atoms with van der Waals surface area (Å²) in [5, 5.41) is 0. The standard InChI is InChI=1S/C24H28N4O3/c1-30-19-10-8-18(9-11-19)28-21-6-3-2-5-20(21)25-23(28)17-26-12-14-27(15-13-26)24(29)22-7-4-16-31-22/h2-3,5-6,8-11,22H,4,7,12-17H2,1H3/t22-/m0/s1. The minimum atomic E-state index is -0.231. The fraction of sp³-hybridized carbons (Fsp3) is 0.417. The molecule has 0 saturated carbocycles. The van der Waals surface area contributed by atoms with Crippen molar-refractivity contribution in [2.75, 3.05) is 39.9 Å². The summed E-state index contributed by atoms with van der Waals surface area (Å²) in [6.45, 7) is 4.60. The number of para-hydroxylation sites is 2. The highest BCUT2D eigenvalue weighted by Gasteiger charge is 2.30. The third-order valence-electron chi connectivity index (χ3n) is 6.21. The average Bonchev–Trinajstić information content (AvgIpc) is 3.47. The van der Waals surface area contributed by atoms with Gasteiger partial charge in [0.25, 0.3) is 5.91 Å². The Labute approximate surface area is 182 Å². The molecule has 2 saturated heterocycles. The molecule has 3 heterocycles. The van der Waals surface area contributed by atoms with Gasteiger partial charge in [-0.1, -0.05) is 12.1 Å². The van der Waals surface area contributed by atoms with Crippen LogP contribution in [0.25, 0.3) is 16.7 Å². The number of nitrogens with zero attached hydrogens (tertiary/aromatic N) is 4. The maximum atomic E-state index is 12.6. The van der Waals surface area contributed by atoms with Crippen LogP contribution in [0.5, 0.6) is 5.75 Å². The molecule has 31 heavy (non-hydrogen) atoms. The van der Waals surface area contributed by atoms with Crippen molar-refractivity contribution >= 4 is 16.9 Å². The van der Waals surface area contributed by atoms with Gasteiger partial charge in [0.1, 0.15) is 17.7 Å². The molecular formula is C24H28N4O3. The number of aromatic nitrogens is 2. The van der Waals surface area contributed by atoms with Gasteiger partial charge < -0.3 is 14.4 Å². The lowest BCUT2D eigenvalue weighted by molar-refractivity contribution is -0.142. The molecule has 0 N–H and O–H groups in total. The summed E-state index contributed by atoms with van der Waals surface area (Å²) in [5.41, 5.74) is 3.15. The highest BCUT2D eigenvalue weighted by molar-refractivity contribution is 5.81. The zero-order valence-electron chi connectivity index (χ0n) is 17.9. The number of imidazole rings is 1. The van der Waals surface area contributed by atoms with Crippen LogP contribution in [-0.4, -0.2) is 71.3 Å². The second-order valence-corrected chi connectivity index (χ2v) is 8.15. The minimum absolute atomic E-state index is 0.155. The molecule has 2 aliphatic heterocycles. The Morgan fingerprint density at radius 3 is 2.58 bits per heavy atom. The van der Waals surface area contributed by atoms with Crippen molar-refractivity contribution in [1.82, 2.24) is 19.4 Å². The highest BCUT2D eigenvalue weighted by Crippen LogP contribution is 2.25. The van der Waals surface area contributed by atoms with Crippen molar-refractivity contribution in [2.24, 2.45) is 0 Å². The maximum Gasteiger partial charge on any atom is 0.251 e. The van der Waals surface area contributed by atoms with E-state index in [0.717, 1.165) is 73.9 Å². The van der Waals surface area contributed by atoms with E-state index in [0.29, 0.717) is 6.61 Å². The first-order chi connectivity index (χ1) is 15.2. The predicted molar refractivity (Wildman–Crippen MR) is 118 cm³/mol. The zero-order chi connectivity index (χ0) is 21.2. The number of hydrogen-bond acceptors (Lipinski definition) is 5. The smallest absolute Gasteiger partial charge is 0.251 e. The van der Waals surface area contributed by atoms with Crippen molar-refractivity contribution in [1.29, 1.82) is 0 Å². The first-order valence-corrected chi connectivity index (χ1v) is 11.0. The van der Waals surface area contributed by atoms with Gasteiger partial charge in [-0.2, -0.15) is 0 Å². The lowest BCUT2D eigenvalue weighted by Crippen LogP contribution is -2.51. The van der Waals surface area contributed by atoms with Crippen LogP contribution in [0, 0.1) is 0 Å². The number of benzene rings is 2. The summed E-state index contributed by atoms with van der Waals surface area (Å²) < 4.78 is 13.1. The summed E-state index contributed by atoms with van der Waals surface area (Å²) in [5.74, 6) is 2.00. The number of methoxy groups -OCH3 is 1. The Hall–Kier alpha value is -2.90. The van der Waals surface area contributed by atoms with Gasteiger partial charge in [0.2, 0.25) is 0 Å². The van der Waals surface area contributed by atoms with Crippen LogP contribution in [0.1, 0.15) is 18.7 Å². The van der Waals surface area contributed by atoms with Gasteiger partial charge in [-0.15, -0.1) is 0 Å². The Morgan fingerprint density at radius 2 is 1.87 bits per heavy atom. The van der Waals surface area contributed by atoms with E-state index in [9.17, 15) is 4.79 Å². The van der Waals surface area contributed by atoms with Crippen molar-refractivity contribution in [2.45, 2.75) is 25.5 Å². The van der Waals surface area contributed by atoms with Crippen LogP contribution in [-0.2, 0) is 16.1 Å². The fourth-order valence-corrected chi connectivity index (χ4v) is 4.50. The fourth-order valence-electron chi connectivity index (χ4n) is 4.50. The Bertz CT molecular complexity index is 1050. The van der Waals surface area contributed by atoms with Crippen LogP contribution < -0.4 is 4.74 Å². The Kier molecular flexibility index (Phi) is 5.61. The minimum Gasteiger partial charge on any atom is -0.497 e. The Morgan fingerprint density at radius 1 is 1.10 bits per heavy atom. The quantitative estimate of drug-likeness (QED) is 0.635. The van der Waals surface area contributed by atoms with E-state index < -0.39 is 0 Å². The second-order valence-electron chi connectivity index (χ2n) is 8.15. The first kappa shape index (κ1) is 20.0. The lowest BCUT2D eigenvalue weighted by Gasteiger charge is -2.35. The van der Waals surface area contributed by atoms with Crippen molar-refractivity contribution in [3.8, 4) is 11.4 Å². The van der Waals surface area contributed by atoms with Crippen molar-refractivity contribution in [3.63, 3.8) is 0 Å². The van der Waals surface area contributed by atoms with E-state index in [1.165, 1.54) is 0 Å². The van der Waals surface area contributed by atoms with Gasteiger partial charge >= 0.3 is 0 Å². The molecule has 0 radical (unpaired) electrons. The number of carbonyl (C=O) groups excluding carboxylic acids is 1. The SMILES string of the molecule is COc1ccc(-n2c(CN3CCN(C(=O)[C@@H]4CCCO4)CC3)nc3ccccc32)cc1. The molecule has 7 nitrogen and oxygen atoms in total. The molecule has 5 rings (SSSR count). The largest absolute Gasteiger partial charge is 0.497 e. The summed E-state index contributed by atoms with van der Waals surface area (Å²) in [7, 11) is 1.68. The van der Waals surface area contributed by atoms with Gasteiger partial charge in [-0.25, -0.2) is 4.98 Å². The normalized spacial score (nSPS) is 19.8. The maximum absolute atomic E-state index is 12.6. The van der Waals surface area contributed by atoms with Gasteiger partial charge in [0.05, 0.1) is 24.7 Å². The monoisotopic (exact) mass is 420 g/mol. The first-order valence-electron chi connectivity index (χ1n) is 11.0. The number of rotatable bonds is 5. The van der Waals surface area contributed by atoms with E-state index in [1.54, 1.807) is 7.11 Å². The van der Waals surface area contributed by atoms with Crippen LogP contribution in [0.15, 0.2) is 48.5 Å². The molecule has 1 amide bonds. The molecule has 2 aromatic carbocycles. The van der Waals surface area contributed by atoms with Gasteiger partial charge in [-0.05, 0) is 49.2 Å². The molecule has 0 unspecified atom stereocenters. The Balaban J connectivity index is 1.34. The molecule has 7 heteroatoms. The molecule has 1 atom stereocenters. The van der Waals surface area contributed by atoms with Crippen LogP contribution in [0.2, 0.25) is 0 Å². The number of piperazine rings is 1. The summed E-state index contributed by atoms with van der Waals surface area (Å²) in [6.07, 6.45) is 1.61. The van der Waals surface area contributed by atoms with E-state index in [-0.39, 0.29) is 12.0 Å². The number of ether oxygens (including phenoxy) is 2. The summed E-state index contributed by atoms with van der Waals surface area (Å²) >= 11 is 0. The summed E-state index contributed by atoms with van der Waals surface area (Å²) in [6, 6.07) is 16.3. The van der Waals surface area contributed by atoms with Crippen molar-refractivity contribution in [3.05, 3.63) is 54.4 Å². The predicted octanol–water partition coefficient (Wildman–Crippen LogP) is 2.86. The lowest BCUT2D eigenvalue weighted by atomic mass is 10.2. The topological polar surface area (TPSA) is 59.8 Å². The highest BCUT2D eigenvalue weighted by atomic mass is 16.5. The molecule has 2 aliphatic rings. The van der Waals surface area contributed by atoms with Crippen molar-refractivity contribution < 1.29 is 14.3 Å². The van der Waals surface area contributed by atoms with Crippen LogP contribution in [0.3, 0.4) is 0 Å². The number of fused-ring (bicyclic) bond motifs is 1. The number of hydrogen-bond donors (Lipinski definition) is 0. The third kappa shape index (κ3) is 4.03. The van der Waals surface area contributed by atoms with Gasteiger partial charge in [-0.3, -0.25) is 14.3 Å². The molecule has 3 aromatic rings. The van der Waals surface area contributed by atoms with Gasteiger partial charge in [0, 0.05) is 38.5 Å². The molecule has 0 aliphatic carbocycles. The van der Waals surface area contributed by atoms with E-state index in [4.69, 9.17) is 14.5 Å². The molecule has 0 bridgehead atoms. The molecular weight excluding hydrogens is 392 g/mol. The zero-order valence-corrected chi connectivity index (χ0v) is 17.9. The van der Waals surface area contributed by atoms with Gasteiger partial charge in [0.15, 0.2) is 0 Å². The van der Waals surface area contributed by atoms with Crippen LogP contribution in [0.4, 0.5) is 0 Å². The third-order valence-corrected chi connectivity index (χ3v) is 6.21. The van der Waals surface area contributed by atoms with Crippen LogP contribution >= 0.6 is 0 Å². The number of amides is 1. The summed E-state index contributed by atoms with van der Waals surface area (Å²) in [4.78, 5) is 21.9. The van der Waals surface area contributed by atoms with E-state index >= 15 is 0 Å².